The van der Waals surface area contributed by atoms with Gasteiger partial charge in [0.25, 0.3) is 0 Å². The van der Waals surface area contributed by atoms with Crippen LogP contribution >= 0.6 is 0 Å². The average Bonchev–Trinajstić information content (AvgIpc) is 2.89. The first-order valence-corrected chi connectivity index (χ1v) is 14.4. The summed E-state index contributed by atoms with van der Waals surface area (Å²) in [7, 11) is -4.20. The highest BCUT2D eigenvalue weighted by atomic mass is 32.3. The van der Waals surface area contributed by atoms with Crippen LogP contribution in [0, 0.1) is 0 Å². The molecule has 0 aliphatic heterocycles. The molecular weight excluding hydrogens is 476 g/mol. The van der Waals surface area contributed by atoms with Crippen molar-refractivity contribution in [3.05, 3.63) is 144 Å². The molecule has 0 unspecified atom stereocenters. The van der Waals surface area contributed by atoms with E-state index in [-0.39, 0.29) is 6.61 Å². The number of hydrogen-bond acceptors (Lipinski definition) is 4. The summed E-state index contributed by atoms with van der Waals surface area (Å²) in [6.07, 6.45) is 1.17. The maximum absolute atomic E-state index is 10.0. The number of benzene rings is 4. The van der Waals surface area contributed by atoms with Gasteiger partial charge in [-0.1, -0.05) is 121 Å². The van der Waals surface area contributed by atoms with Crippen LogP contribution in [0.3, 0.4) is 0 Å². The minimum Gasteiger partial charge on any atom is -0.726 e. The van der Waals surface area contributed by atoms with E-state index < -0.39 is 10.4 Å². The van der Waals surface area contributed by atoms with Gasteiger partial charge in [0, 0.05) is 17.5 Å². The van der Waals surface area contributed by atoms with Gasteiger partial charge in [0.1, 0.15) is 17.3 Å². The molecule has 4 nitrogen and oxygen atoms in total. The fraction of sp³-hybridized carbons (Fsp3) is 0.172. The van der Waals surface area contributed by atoms with E-state index >= 15 is 0 Å². The van der Waals surface area contributed by atoms with Crippen LogP contribution in [0.25, 0.3) is 0 Å². The van der Waals surface area contributed by atoms with Crippen LogP contribution in [0.15, 0.2) is 121 Å². The Morgan fingerprint density at radius 2 is 0.943 bits per heavy atom. The van der Waals surface area contributed by atoms with Crippen LogP contribution in [-0.2, 0) is 50.0 Å². The molecule has 4 aromatic rings. The van der Waals surface area contributed by atoms with Gasteiger partial charge < -0.3 is 4.55 Å². The van der Waals surface area contributed by atoms with Crippen molar-refractivity contribution < 1.29 is 17.2 Å². The zero-order valence-electron chi connectivity index (χ0n) is 19.5. The monoisotopic (exact) mass is 506 g/mol. The van der Waals surface area contributed by atoms with Gasteiger partial charge in [-0.25, -0.2) is 8.42 Å². The molecule has 0 amide bonds. The molecule has 182 valence electrons. The highest BCUT2D eigenvalue weighted by molar-refractivity contribution is 7.95. The Bertz CT molecular complexity index is 1160. The van der Waals surface area contributed by atoms with Crippen molar-refractivity contribution >= 4 is 21.3 Å². The van der Waals surface area contributed by atoms with Crippen molar-refractivity contribution in [1.29, 1.82) is 0 Å². The van der Waals surface area contributed by atoms with Gasteiger partial charge in [-0.05, 0) is 22.0 Å². The normalized spacial score (nSPS) is 11.0. The number of rotatable bonds is 10. The topological polar surface area (TPSA) is 66.4 Å². The van der Waals surface area contributed by atoms with Gasteiger partial charge in [-0.15, -0.1) is 0 Å². The SMILES string of the molecule is O=S(=O)([O-])OCc1ccccc1.c1ccc(CC[S+](Cc2ccccc2)Cc2ccccc2)cc1. The minimum absolute atomic E-state index is 0.202. The van der Waals surface area contributed by atoms with Gasteiger partial charge in [0.2, 0.25) is 10.4 Å². The molecule has 0 saturated heterocycles. The summed E-state index contributed by atoms with van der Waals surface area (Å²) in [6, 6.07) is 41.3. The fourth-order valence-corrected chi connectivity index (χ4v) is 5.96. The Morgan fingerprint density at radius 3 is 1.34 bits per heavy atom. The Kier molecular flexibility index (Phi) is 11.1. The van der Waals surface area contributed by atoms with Gasteiger partial charge in [-0.3, -0.25) is 4.18 Å². The van der Waals surface area contributed by atoms with Crippen LogP contribution in [-0.4, -0.2) is 18.7 Å². The van der Waals surface area contributed by atoms with Crippen molar-refractivity contribution in [2.24, 2.45) is 0 Å². The second-order valence-electron chi connectivity index (χ2n) is 7.97. The van der Waals surface area contributed by atoms with Gasteiger partial charge >= 0.3 is 0 Å². The summed E-state index contributed by atoms with van der Waals surface area (Å²) in [4.78, 5) is 0. The predicted octanol–water partition coefficient (Wildman–Crippen LogP) is 5.91. The van der Waals surface area contributed by atoms with Crippen molar-refractivity contribution in [3.8, 4) is 0 Å². The summed E-state index contributed by atoms with van der Waals surface area (Å²) in [5.74, 6) is 3.62. The van der Waals surface area contributed by atoms with Crippen LogP contribution in [0.4, 0.5) is 0 Å². The molecule has 4 aromatic carbocycles. The van der Waals surface area contributed by atoms with E-state index in [1.54, 1.807) is 30.3 Å². The number of aryl methyl sites for hydroxylation is 1. The first kappa shape index (κ1) is 26.7. The van der Waals surface area contributed by atoms with Crippen molar-refractivity contribution in [3.63, 3.8) is 0 Å². The summed E-state index contributed by atoms with van der Waals surface area (Å²) in [6.45, 7) is -0.202. The highest BCUT2D eigenvalue weighted by Gasteiger charge is 2.19. The first-order chi connectivity index (χ1) is 17.0. The van der Waals surface area contributed by atoms with Crippen LogP contribution < -0.4 is 0 Å². The predicted molar refractivity (Wildman–Crippen MR) is 144 cm³/mol. The Hall–Kier alpha value is -2.90. The third-order valence-electron chi connectivity index (χ3n) is 5.16. The van der Waals surface area contributed by atoms with Crippen molar-refractivity contribution in [1.82, 2.24) is 0 Å². The van der Waals surface area contributed by atoms with Crippen LogP contribution in [0.5, 0.6) is 0 Å². The molecule has 0 aromatic heterocycles. The third-order valence-corrected chi connectivity index (χ3v) is 7.83. The molecule has 0 saturated carbocycles. The molecule has 4 rings (SSSR count). The smallest absolute Gasteiger partial charge is 0.217 e. The lowest BCUT2D eigenvalue weighted by molar-refractivity contribution is 0.253. The first-order valence-electron chi connectivity index (χ1n) is 11.4. The second-order valence-corrected chi connectivity index (χ2v) is 11.2. The minimum atomic E-state index is -4.57. The lowest BCUT2D eigenvalue weighted by Crippen LogP contribution is -2.15. The molecule has 0 fully saturated rings. The van der Waals surface area contributed by atoms with Gasteiger partial charge in [0.05, 0.1) is 6.61 Å². The molecule has 35 heavy (non-hydrogen) atoms. The third kappa shape index (κ3) is 11.4. The molecule has 0 spiro atoms. The summed E-state index contributed by atoms with van der Waals surface area (Å²) in [5.41, 5.74) is 5.02. The molecule has 0 radical (unpaired) electrons. The van der Waals surface area contributed by atoms with E-state index in [9.17, 15) is 13.0 Å². The van der Waals surface area contributed by atoms with E-state index in [0.717, 1.165) is 0 Å². The van der Waals surface area contributed by atoms with E-state index in [2.05, 4.69) is 95.2 Å². The van der Waals surface area contributed by atoms with Crippen LogP contribution in [0.1, 0.15) is 22.3 Å². The van der Waals surface area contributed by atoms with Crippen molar-refractivity contribution in [2.45, 2.75) is 24.5 Å². The maximum atomic E-state index is 10.0. The highest BCUT2D eigenvalue weighted by Crippen LogP contribution is 2.17. The van der Waals surface area contributed by atoms with E-state index in [1.165, 1.54) is 40.4 Å². The lowest BCUT2D eigenvalue weighted by Gasteiger charge is -2.10. The molecule has 0 aliphatic carbocycles. The molecule has 0 N–H and O–H groups in total. The fourth-order valence-electron chi connectivity index (χ4n) is 3.44. The zero-order chi connectivity index (χ0) is 24.8. The summed E-state index contributed by atoms with van der Waals surface area (Å²) < 4.78 is 34.1. The zero-order valence-corrected chi connectivity index (χ0v) is 21.2. The second kappa shape index (κ2) is 14.5. The lowest BCUT2D eigenvalue weighted by atomic mass is 10.2. The quantitative estimate of drug-likeness (QED) is 0.152. The van der Waals surface area contributed by atoms with E-state index in [4.69, 9.17) is 0 Å². The molecule has 0 bridgehead atoms. The van der Waals surface area contributed by atoms with Gasteiger partial charge in [-0.2, -0.15) is 0 Å². The molecule has 0 heterocycles. The Labute approximate surface area is 211 Å². The van der Waals surface area contributed by atoms with E-state index in [0.29, 0.717) is 16.5 Å². The maximum Gasteiger partial charge on any atom is 0.217 e. The number of hydrogen-bond donors (Lipinski definition) is 0. The summed E-state index contributed by atoms with van der Waals surface area (Å²) >= 11 is 0. The average molecular weight is 507 g/mol. The molecular formula is C29H30O4S2. The van der Waals surface area contributed by atoms with Crippen LogP contribution in [0.2, 0.25) is 0 Å². The standard InChI is InChI=1S/C22H23S.C7H8O4S/c1-4-10-20(11-5-1)16-17-23(18-21-12-6-2-7-13-21)19-22-14-8-3-9-15-22;8-12(9,10)11-6-7-4-2-1-3-5-7/h1-15H,16-19H2;1-5H,6H2,(H,8,9,10)/q+1;/p-1. The van der Waals surface area contributed by atoms with Crippen molar-refractivity contribution in [2.75, 3.05) is 5.75 Å². The molecule has 0 atom stereocenters. The molecule has 0 aliphatic rings. The molecule has 6 heteroatoms. The largest absolute Gasteiger partial charge is 0.726 e. The van der Waals surface area contributed by atoms with E-state index in [1.807, 2.05) is 0 Å². The Morgan fingerprint density at radius 1 is 0.571 bits per heavy atom. The summed E-state index contributed by atoms with van der Waals surface area (Å²) in [5, 5.41) is 0. The Balaban J connectivity index is 0.000000241. The van der Waals surface area contributed by atoms with Gasteiger partial charge in [0.15, 0.2) is 0 Å².